The molecule has 3 aromatic rings. The Morgan fingerprint density at radius 2 is 1.86 bits per heavy atom. The highest BCUT2D eigenvalue weighted by atomic mass is 16.4. The number of pyridine rings is 1. The smallest absolute Gasteiger partial charge is 0.230 e. The largest absolute Gasteiger partial charge is 0.425 e. The van der Waals surface area contributed by atoms with Crippen LogP contribution in [0.4, 0.5) is 0 Å². The van der Waals surface area contributed by atoms with Gasteiger partial charge in [-0.2, -0.15) is 0 Å². The Morgan fingerprint density at radius 1 is 1.11 bits per heavy atom. The van der Waals surface area contributed by atoms with Crippen LogP contribution in [0.5, 0.6) is 0 Å². The van der Waals surface area contributed by atoms with E-state index in [0.717, 1.165) is 24.1 Å². The third kappa shape index (κ3) is 4.11. The molecule has 28 heavy (non-hydrogen) atoms. The predicted molar refractivity (Wildman–Crippen MR) is 105 cm³/mol. The van der Waals surface area contributed by atoms with Crippen LogP contribution in [0, 0.1) is 6.92 Å². The summed E-state index contributed by atoms with van der Waals surface area (Å²) in [7, 11) is 0. The SMILES string of the molecule is Cc1nnc(C2CCN(C(=O)C(Cc3ccccn3)c3ccccc3)CC2)o1. The fraction of sp³-hybridized carbons (Fsp3) is 0.364. The summed E-state index contributed by atoms with van der Waals surface area (Å²) in [6, 6.07) is 15.8. The number of piperidine rings is 1. The van der Waals surface area contributed by atoms with Crippen molar-refractivity contribution < 1.29 is 9.21 Å². The average molecular weight is 376 g/mol. The lowest BCUT2D eigenvalue weighted by Crippen LogP contribution is -2.41. The summed E-state index contributed by atoms with van der Waals surface area (Å²) < 4.78 is 5.58. The highest BCUT2D eigenvalue weighted by Crippen LogP contribution is 2.30. The van der Waals surface area contributed by atoms with Crippen LogP contribution >= 0.6 is 0 Å². The van der Waals surface area contributed by atoms with Gasteiger partial charge >= 0.3 is 0 Å². The zero-order valence-corrected chi connectivity index (χ0v) is 16.0. The standard InChI is InChI=1S/C22H24N4O2/c1-16-24-25-21(28-16)18-10-13-26(14-11-18)22(27)20(17-7-3-2-4-8-17)15-19-9-5-6-12-23-19/h2-9,12,18,20H,10-11,13-15H2,1H3. The first-order valence-corrected chi connectivity index (χ1v) is 9.74. The first-order chi connectivity index (χ1) is 13.7. The van der Waals surface area contributed by atoms with E-state index < -0.39 is 0 Å². The van der Waals surface area contributed by atoms with E-state index in [1.165, 1.54) is 0 Å². The zero-order valence-electron chi connectivity index (χ0n) is 16.0. The highest BCUT2D eigenvalue weighted by molar-refractivity contribution is 5.84. The van der Waals surface area contributed by atoms with Crippen LogP contribution in [0.2, 0.25) is 0 Å². The Kier molecular flexibility index (Phi) is 5.46. The van der Waals surface area contributed by atoms with Crippen LogP contribution in [0.25, 0.3) is 0 Å². The average Bonchev–Trinajstić information content (AvgIpc) is 3.19. The maximum atomic E-state index is 13.4. The van der Waals surface area contributed by atoms with Crippen molar-refractivity contribution in [1.29, 1.82) is 0 Å². The number of amides is 1. The molecule has 1 aliphatic heterocycles. The van der Waals surface area contributed by atoms with Crippen molar-refractivity contribution >= 4 is 5.91 Å². The van der Waals surface area contributed by atoms with Crippen molar-refractivity contribution in [2.45, 2.75) is 38.0 Å². The van der Waals surface area contributed by atoms with Crippen LogP contribution in [0.1, 0.15) is 47.7 Å². The maximum Gasteiger partial charge on any atom is 0.230 e. The van der Waals surface area contributed by atoms with E-state index in [-0.39, 0.29) is 17.7 Å². The van der Waals surface area contributed by atoms with Gasteiger partial charge in [0.1, 0.15) is 0 Å². The summed E-state index contributed by atoms with van der Waals surface area (Å²) >= 11 is 0. The molecule has 1 atom stereocenters. The van der Waals surface area contributed by atoms with E-state index >= 15 is 0 Å². The Labute approximate surface area is 164 Å². The molecule has 0 N–H and O–H groups in total. The number of carbonyl (C=O) groups excluding carboxylic acids is 1. The van der Waals surface area contributed by atoms with Crippen LogP contribution in [-0.4, -0.2) is 39.1 Å². The van der Waals surface area contributed by atoms with Crippen LogP contribution in [0.15, 0.2) is 59.1 Å². The Bertz CT molecular complexity index is 903. The van der Waals surface area contributed by atoms with E-state index in [1.54, 1.807) is 13.1 Å². The van der Waals surface area contributed by atoms with Gasteiger partial charge in [-0.15, -0.1) is 10.2 Å². The Hall–Kier alpha value is -3.02. The van der Waals surface area contributed by atoms with Gasteiger partial charge in [-0.05, 0) is 30.5 Å². The van der Waals surface area contributed by atoms with Crippen LogP contribution in [-0.2, 0) is 11.2 Å². The fourth-order valence-electron chi connectivity index (χ4n) is 3.81. The molecule has 0 aliphatic carbocycles. The summed E-state index contributed by atoms with van der Waals surface area (Å²) in [5, 5.41) is 8.08. The molecule has 3 heterocycles. The molecular weight excluding hydrogens is 352 g/mol. The molecule has 1 aliphatic rings. The molecule has 1 saturated heterocycles. The Balaban J connectivity index is 1.48. The van der Waals surface area contributed by atoms with E-state index in [2.05, 4.69) is 15.2 Å². The van der Waals surface area contributed by atoms with Gasteiger partial charge in [0.15, 0.2) is 0 Å². The third-order valence-electron chi connectivity index (χ3n) is 5.34. The molecule has 144 valence electrons. The van der Waals surface area contributed by atoms with Crippen molar-refractivity contribution in [2.24, 2.45) is 0 Å². The molecule has 0 bridgehead atoms. The minimum absolute atomic E-state index is 0.164. The monoisotopic (exact) mass is 376 g/mol. The van der Waals surface area contributed by atoms with Crippen LogP contribution in [0.3, 0.4) is 0 Å². The summed E-state index contributed by atoms with van der Waals surface area (Å²) in [6.45, 7) is 3.21. The number of rotatable bonds is 5. The number of nitrogens with zero attached hydrogens (tertiary/aromatic N) is 4. The van der Waals surface area contributed by atoms with Gasteiger partial charge in [-0.25, -0.2) is 0 Å². The molecule has 1 amide bonds. The molecule has 1 unspecified atom stereocenters. The van der Waals surface area contributed by atoms with Gasteiger partial charge in [0.05, 0.1) is 5.92 Å². The second-order valence-corrected chi connectivity index (χ2v) is 7.25. The lowest BCUT2D eigenvalue weighted by molar-refractivity contribution is -0.134. The minimum atomic E-state index is -0.224. The van der Waals surface area contributed by atoms with Crippen molar-refractivity contribution in [3.63, 3.8) is 0 Å². The van der Waals surface area contributed by atoms with E-state index in [9.17, 15) is 4.79 Å². The number of hydrogen-bond donors (Lipinski definition) is 0. The topological polar surface area (TPSA) is 72.1 Å². The van der Waals surface area contributed by atoms with Gasteiger partial charge in [0.25, 0.3) is 0 Å². The number of likely N-dealkylation sites (tertiary alicyclic amines) is 1. The van der Waals surface area contributed by atoms with Crippen molar-refractivity contribution in [3.05, 3.63) is 77.8 Å². The Morgan fingerprint density at radius 3 is 2.50 bits per heavy atom. The number of benzene rings is 1. The predicted octanol–water partition coefficient (Wildman–Crippen LogP) is 3.51. The van der Waals surface area contributed by atoms with Crippen molar-refractivity contribution in [1.82, 2.24) is 20.1 Å². The van der Waals surface area contributed by atoms with Gasteiger partial charge in [-0.3, -0.25) is 9.78 Å². The maximum absolute atomic E-state index is 13.4. The zero-order chi connectivity index (χ0) is 19.3. The van der Waals surface area contributed by atoms with E-state index in [4.69, 9.17) is 4.42 Å². The molecule has 0 spiro atoms. The molecule has 6 nitrogen and oxygen atoms in total. The number of aryl methyl sites for hydroxylation is 1. The second kappa shape index (κ2) is 8.33. The lowest BCUT2D eigenvalue weighted by atomic mass is 9.90. The van der Waals surface area contributed by atoms with Gasteiger partial charge in [-0.1, -0.05) is 36.4 Å². The first-order valence-electron chi connectivity index (χ1n) is 9.74. The molecule has 0 radical (unpaired) electrons. The van der Waals surface area contributed by atoms with Gasteiger partial charge < -0.3 is 9.32 Å². The summed E-state index contributed by atoms with van der Waals surface area (Å²) in [5.74, 6) is 1.46. The number of carbonyl (C=O) groups is 1. The van der Waals surface area contributed by atoms with Crippen molar-refractivity contribution in [2.75, 3.05) is 13.1 Å². The summed E-state index contributed by atoms with van der Waals surface area (Å²) in [4.78, 5) is 19.8. The molecule has 6 heteroatoms. The molecule has 2 aromatic heterocycles. The molecule has 1 aromatic carbocycles. The number of hydrogen-bond acceptors (Lipinski definition) is 5. The van der Waals surface area contributed by atoms with Crippen molar-refractivity contribution in [3.8, 4) is 0 Å². The molecular formula is C22H24N4O2. The molecule has 1 fully saturated rings. The normalized spacial score (nSPS) is 16.1. The van der Waals surface area contributed by atoms with Crippen LogP contribution < -0.4 is 0 Å². The van der Waals surface area contributed by atoms with Gasteiger partial charge in [0, 0.05) is 44.2 Å². The summed E-state index contributed by atoms with van der Waals surface area (Å²) in [6.07, 6.45) is 4.07. The van der Waals surface area contributed by atoms with E-state index in [1.807, 2.05) is 53.4 Å². The van der Waals surface area contributed by atoms with Gasteiger partial charge in [0.2, 0.25) is 17.7 Å². The fourth-order valence-corrected chi connectivity index (χ4v) is 3.81. The highest BCUT2D eigenvalue weighted by Gasteiger charge is 2.31. The summed E-state index contributed by atoms with van der Waals surface area (Å²) in [5.41, 5.74) is 1.97. The van der Waals surface area contributed by atoms with E-state index in [0.29, 0.717) is 31.3 Å². The first kappa shape index (κ1) is 18.3. The number of aromatic nitrogens is 3. The minimum Gasteiger partial charge on any atom is -0.425 e. The quantitative estimate of drug-likeness (QED) is 0.681. The molecule has 4 rings (SSSR count). The lowest BCUT2D eigenvalue weighted by Gasteiger charge is -2.33. The third-order valence-corrected chi connectivity index (χ3v) is 5.34. The second-order valence-electron chi connectivity index (χ2n) is 7.25. The molecule has 0 saturated carbocycles.